The molecule has 0 saturated carbocycles. The van der Waals surface area contributed by atoms with Crippen LogP contribution in [0.25, 0.3) is 0 Å². The molecule has 6 heteroatoms. The first-order valence-electron chi connectivity index (χ1n) is 10.6. The minimum atomic E-state index is -0.832. The second kappa shape index (κ2) is 7.74. The lowest BCUT2D eigenvalue weighted by molar-refractivity contribution is -0.166. The van der Waals surface area contributed by atoms with Gasteiger partial charge in [0.15, 0.2) is 0 Å². The van der Waals surface area contributed by atoms with Crippen LogP contribution in [0.4, 0.5) is 5.69 Å². The molecule has 3 heterocycles. The zero-order chi connectivity index (χ0) is 21.5. The summed E-state index contributed by atoms with van der Waals surface area (Å²) in [5, 5.41) is 0. The zero-order valence-corrected chi connectivity index (χ0v) is 18.3. The lowest BCUT2D eigenvalue weighted by atomic mass is 9.89. The Hall–Kier alpha value is -2.89. The number of pyridine rings is 1. The van der Waals surface area contributed by atoms with Gasteiger partial charge in [-0.15, -0.1) is 0 Å². The third-order valence-corrected chi connectivity index (χ3v) is 6.36. The monoisotopic (exact) mass is 406 g/mol. The van der Waals surface area contributed by atoms with Gasteiger partial charge in [-0.25, -0.2) is 0 Å². The van der Waals surface area contributed by atoms with E-state index in [-0.39, 0.29) is 24.4 Å². The molecule has 1 atom stereocenters. The first kappa shape index (κ1) is 20.4. The Morgan fingerprint density at radius 3 is 2.50 bits per heavy atom. The lowest BCUT2D eigenvalue weighted by Gasteiger charge is -2.48. The fraction of sp³-hybridized carbons (Fsp3) is 0.458. The molecule has 30 heavy (non-hydrogen) atoms. The van der Waals surface area contributed by atoms with Crippen molar-refractivity contribution >= 4 is 17.5 Å². The topological polar surface area (TPSA) is 56.8 Å². The van der Waals surface area contributed by atoms with Crippen LogP contribution in [-0.4, -0.2) is 57.8 Å². The minimum Gasteiger partial charge on any atom is -0.368 e. The number of amides is 2. The van der Waals surface area contributed by atoms with Gasteiger partial charge in [0.25, 0.3) is 5.91 Å². The van der Waals surface area contributed by atoms with Gasteiger partial charge in [-0.2, -0.15) is 0 Å². The number of hydrogen-bond acceptors (Lipinski definition) is 4. The Balaban J connectivity index is 1.69. The molecule has 158 valence electrons. The smallest absolute Gasteiger partial charge is 0.251 e. The zero-order valence-electron chi connectivity index (χ0n) is 18.3. The molecule has 1 unspecified atom stereocenters. The number of aromatic nitrogens is 1. The van der Waals surface area contributed by atoms with Gasteiger partial charge in [0.2, 0.25) is 5.91 Å². The van der Waals surface area contributed by atoms with E-state index in [1.54, 1.807) is 11.1 Å². The van der Waals surface area contributed by atoms with Crippen LogP contribution in [-0.2, 0) is 16.1 Å². The van der Waals surface area contributed by atoms with Gasteiger partial charge in [0.05, 0.1) is 6.54 Å². The molecule has 4 rings (SSSR count). The van der Waals surface area contributed by atoms with Gasteiger partial charge in [-0.05, 0) is 51.8 Å². The van der Waals surface area contributed by atoms with E-state index >= 15 is 0 Å². The Bertz CT molecular complexity index is 956. The predicted octanol–water partition coefficient (Wildman–Crippen LogP) is 2.93. The fourth-order valence-electron chi connectivity index (χ4n) is 4.59. The first-order chi connectivity index (χ1) is 14.3. The molecular formula is C24H30N4O2. The summed E-state index contributed by atoms with van der Waals surface area (Å²) < 4.78 is 0. The molecule has 1 aromatic carbocycles. The van der Waals surface area contributed by atoms with Crippen molar-refractivity contribution in [3.05, 3.63) is 59.4 Å². The van der Waals surface area contributed by atoms with Gasteiger partial charge in [0.1, 0.15) is 12.1 Å². The highest BCUT2D eigenvalue weighted by atomic mass is 16.2. The van der Waals surface area contributed by atoms with Crippen LogP contribution < -0.4 is 4.90 Å². The second-order valence-corrected chi connectivity index (χ2v) is 8.85. The molecule has 1 aromatic heterocycles. The third kappa shape index (κ3) is 3.55. The van der Waals surface area contributed by atoms with Crippen LogP contribution in [0, 0.1) is 13.8 Å². The fourth-order valence-corrected chi connectivity index (χ4v) is 4.59. The number of anilines is 1. The van der Waals surface area contributed by atoms with Crippen molar-refractivity contribution in [1.29, 1.82) is 0 Å². The summed E-state index contributed by atoms with van der Waals surface area (Å²) in [6.45, 7) is 9.83. The molecule has 0 N–H and O–H groups in total. The summed E-state index contributed by atoms with van der Waals surface area (Å²) in [5.41, 5.74) is 3.40. The number of hydrogen-bond donors (Lipinski definition) is 0. The van der Waals surface area contributed by atoms with Crippen molar-refractivity contribution in [2.24, 2.45) is 0 Å². The number of rotatable bonds is 4. The summed E-state index contributed by atoms with van der Waals surface area (Å²) in [5.74, 6) is 0.0918. The molecule has 0 radical (unpaired) electrons. The molecule has 2 aliphatic heterocycles. The normalized spacial score (nSPS) is 22.0. The van der Waals surface area contributed by atoms with E-state index in [2.05, 4.69) is 34.1 Å². The molecule has 2 fully saturated rings. The average Bonchev–Trinajstić information content (AvgIpc) is 3.16. The highest BCUT2D eigenvalue weighted by Crippen LogP contribution is 2.37. The molecule has 6 nitrogen and oxygen atoms in total. The quantitative estimate of drug-likeness (QED) is 0.783. The summed E-state index contributed by atoms with van der Waals surface area (Å²) in [4.78, 5) is 37.1. The summed E-state index contributed by atoms with van der Waals surface area (Å²) in [7, 11) is 0. The molecule has 2 aromatic rings. The van der Waals surface area contributed by atoms with Crippen molar-refractivity contribution in [1.82, 2.24) is 14.8 Å². The van der Waals surface area contributed by atoms with E-state index < -0.39 is 5.54 Å². The maximum atomic E-state index is 13.7. The van der Waals surface area contributed by atoms with Crippen LogP contribution in [0.1, 0.15) is 37.1 Å². The molecule has 0 bridgehead atoms. The van der Waals surface area contributed by atoms with E-state index in [1.807, 2.05) is 44.7 Å². The SMILES string of the molecule is Cc1ccc(CN2C(=O)CN(C(C)C)C(=O)C23CCN(c2ccnc(C)c2)C3)cc1. The second-order valence-electron chi connectivity index (χ2n) is 8.85. The number of carbonyl (C=O) groups excluding carboxylic acids is 2. The number of carbonyl (C=O) groups is 2. The highest BCUT2D eigenvalue weighted by Gasteiger charge is 2.56. The van der Waals surface area contributed by atoms with Crippen LogP contribution in [0.5, 0.6) is 0 Å². The molecule has 2 saturated heterocycles. The lowest BCUT2D eigenvalue weighted by Crippen LogP contribution is -2.69. The van der Waals surface area contributed by atoms with E-state index in [4.69, 9.17) is 0 Å². The molecular weight excluding hydrogens is 376 g/mol. The van der Waals surface area contributed by atoms with Crippen molar-refractivity contribution < 1.29 is 9.59 Å². The maximum absolute atomic E-state index is 13.7. The van der Waals surface area contributed by atoms with Crippen molar-refractivity contribution in [2.45, 2.75) is 52.2 Å². The van der Waals surface area contributed by atoms with E-state index in [0.717, 1.165) is 23.5 Å². The van der Waals surface area contributed by atoms with Crippen molar-refractivity contribution in [3.63, 3.8) is 0 Å². The van der Waals surface area contributed by atoms with Crippen LogP contribution in [0.2, 0.25) is 0 Å². The summed E-state index contributed by atoms with van der Waals surface area (Å²) in [6.07, 6.45) is 2.43. The van der Waals surface area contributed by atoms with E-state index in [9.17, 15) is 9.59 Å². The Morgan fingerprint density at radius 1 is 1.10 bits per heavy atom. The number of benzene rings is 1. The summed E-state index contributed by atoms with van der Waals surface area (Å²) >= 11 is 0. The molecule has 1 spiro atoms. The molecule has 2 aliphatic rings. The maximum Gasteiger partial charge on any atom is 0.251 e. The third-order valence-electron chi connectivity index (χ3n) is 6.36. The highest BCUT2D eigenvalue weighted by molar-refractivity contribution is 5.99. The van der Waals surface area contributed by atoms with E-state index in [0.29, 0.717) is 19.5 Å². The van der Waals surface area contributed by atoms with Gasteiger partial charge in [-0.3, -0.25) is 14.6 Å². The van der Waals surface area contributed by atoms with Crippen LogP contribution in [0.15, 0.2) is 42.6 Å². The van der Waals surface area contributed by atoms with Gasteiger partial charge < -0.3 is 14.7 Å². The standard InChI is InChI=1S/C24H30N4O2/c1-17(2)27-15-22(29)28(14-20-7-5-18(3)6-8-20)24(23(27)30)10-12-26(16-24)21-9-11-25-19(4)13-21/h5-9,11,13,17H,10,12,14-16H2,1-4H3. The van der Waals surface area contributed by atoms with Gasteiger partial charge in [-0.1, -0.05) is 29.8 Å². The van der Waals surface area contributed by atoms with Crippen LogP contribution >= 0.6 is 0 Å². The van der Waals surface area contributed by atoms with Gasteiger partial charge in [0, 0.05) is 36.7 Å². The minimum absolute atomic E-state index is 0.00271. The Labute approximate surface area is 178 Å². The number of nitrogens with zero attached hydrogens (tertiary/aromatic N) is 4. The van der Waals surface area contributed by atoms with E-state index in [1.165, 1.54) is 5.56 Å². The van der Waals surface area contributed by atoms with Crippen LogP contribution in [0.3, 0.4) is 0 Å². The van der Waals surface area contributed by atoms with Crippen molar-refractivity contribution in [3.8, 4) is 0 Å². The molecule has 0 aliphatic carbocycles. The van der Waals surface area contributed by atoms with Crippen molar-refractivity contribution in [2.75, 3.05) is 24.5 Å². The predicted molar refractivity (Wildman–Crippen MR) is 117 cm³/mol. The average molecular weight is 407 g/mol. The first-order valence-corrected chi connectivity index (χ1v) is 10.6. The molecule has 2 amide bonds. The Morgan fingerprint density at radius 2 is 1.83 bits per heavy atom. The largest absolute Gasteiger partial charge is 0.368 e. The number of aryl methyl sites for hydroxylation is 2. The van der Waals surface area contributed by atoms with Gasteiger partial charge >= 0.3 is 0 Å². The summed E-state index contributed by atoms with van der Waals surface area (Å²) in [6, 6.07) is 12.2. The number of piperazine rings is 1. The Kier molecular flexibility index (Phi) is 5.26.